The molecule has 0 bridgehead atoms. The van der Waals surface area contributed by atoms with Crippen LogP contribution in [0.2, 0.25) is 0 Å². The molecule has 184 valence electrons. The van der Waals surface area contributed by atoms with Crippen LogP contribution in [0.3, 0.4) is 0 Å². The number of hydrogen-bond acceptors (Lipinski definition) is 5. The van der Waals surface area contributed by atoms with Crippen molar-refractivity contribution in [1.29, 1.82) is 0 Å². The number of pyridine rings is 1. The Bertz CT molecular complexity index is 1580. The number of aromatic nitrogens is 3. The fourth-order valence-electron chi connectivity index (χ4n) is 5.44. The van der Waals surface area contributed by atoms with Crippen molar-refractivity contribution in [2.24, 2.45) is 5.41 Å². The van der Waals surface area contributed by atoms with Crippen molar-refractivity contribution in [2.45, 2.75) is 37.7 Å². The number of hydrogen-bond donors (Lipinski definition) is 2. The Hall–Kier alpha value is -3.40. The molecule has 3 heterocycles. The van der Waals surface area contributed by atoms with Gasteiger partial charge in [0, 0.05) is 48.3 Å². The second-order valence-electron chi connectivity index (χ2n) is 9.94. The fourth-order valence-corrected chi connectivity index (χ4v) is 5.62. The van der Waals surface area contributed by atoms with E-state index in [1.54, 1.807) is 6.20 Å². The molecule has 1 saturated carbocycles. The van der Waals surface area contributed by atoms with Gasteiger partial charge in [-0.3, -0.25) is 9.89 Å². The van der Waals surface area contributed by atoms with Gasteiger partial charge in [-0.25, -0.2) is 4.98 Å². The molecule has 37 heavy (non-hydrogen) atoms. The summed E-state index contributed by atoms with van der Waals surface area (Å²) in [5.74, 6) is 2.12. The molecule has 9 heteroatoms. The molecular formula is C28H25BN3O4P. The van der Waals surface area contributed by atoms with E-state index < -0.39 is 11.4 Å². The van der Waals surface area contributed by atoms with Gasteiger partial charge in [-0.1, -0.05) is 29.6 Å². The van der Waals surface area contributed by atoms with E-state index in [1.807, 2.05) is 18.2 Å². The minimum Gasteiger partial charge on any atom is -0.480 e. The van der Waals surface area contributed by atoms with Gasteiger partial charge in [-0.2, -0.15) is 5.10 Å². The van der Waals surface area contributed by atoms with Gasteiger partial charge in [0.25, 0.3) is 0 Å². The predicted molar refractivity (Wildman–Crippen MR) is 147 cm³/mol. The lowest BCUT2D eigenvalue weighted by molar-refractivity contribution is -0.154. The standard InChI is InChI=1S/C28H25BN3O4P/c1-2-28(27(33)34)12-18(13-28)36-26-20-11-22-17(14-30-32-22)9-19(20)24(16-3-4-23(37)21(29)10-16)25(31-26)15-5-7-35-8-6-15/h1,3-4,9-11,14-15,18H,5-8,12-13,37H2,(H,30,32)(H,33,34). The number of terminal acetylenes is 1. The van der Waals surface area contributed by atoms with Crippen LogP contribution in [0.25, 0.3) is 32.8 Å². The number of carboxylic acids is 1. The summed E-state index contributed by atoms with van der Waals surface area (Å²) >= 11 is 0. The molecule has 2 aromatic heterocycles. The second kappa shape index (κ2) is 9.17. The molecule has 1 aliphatic heterocycles. The highest BCUT2D eigenvalue weighted by Gasteiger charge is 2.51. The number of aromatic amines is 1. The number of aliphatic carboxylic acids is 1. The van der Waals surface area contributed by atoms with Gasteiger partial charge < -0.3 is 14.6 Å². The van der Waals surface area contributed by atoms with Gasteiger partial charge in [0.1, 0.15) is 19.4 Å². The average molecular weight is 509 g/mol. The molecule has 1 unspecified atom stereocenters. The number of carboxylic acid groups (broad SMARTS) is 1. The first-order valence-corrected chi connectivity index (χ1v) is 12.9. The first-order valence-electron chi connectivity index (χ1n) is 12.3. The van der Waals surface area contributed by atoms with Crippen molar-refractivity contribution < 1.29 is 19.4 Å². The van der Waals surface area contributed by atoms with Crippen LogP contribution >= 0.6 is 9.24 Å². The van der Waals surface area contributed by atoms with E-state index >= 15 is 0 Å². The minimum absolute atomic E-state index is 0.178. The Morgan fingerprint density at radius 3 is 2.73 bits per heavy atom. The fraction of sp³-hybridized carbons (Fsp3) is 0.321. The number of ether oxygens (including phenoxy) is 2. The van der Waals surface area contributed by atoms with E-state index in [0.29, 0.717) is 24.6 Å². The molecule has 2 aromatic carbocycles. The largest absolute Gasteiger partial charge is 0.480 e. The highest BCUT2D eigenvalue weighted by Crippen LogP contribution is 2.46. The van der Waals surface area contributed by atoms with Crippen molar-refractivity contribution in [3.63, 3.8) is 0 Å². The first kappa shape index (κ1) is 24.0. The van der Waals surface area contributed by atoms with E-state index in [0.717, 1.165) is 56.6 Å². The topological polar surface area (TPSA) is 97.3 Å². The van der Waals surface area contributed by atoms with Crippen molar-refractivity contribution in [2.75, 3.05) is 13.2 Å². The maximum Gasteiger partial charge on any atom is 0.322 e. The number of benzene rings is 2. The minimum atomic E-state index is -1.18. The van der Waals surface area contributed by atoms with Crippen LogP contribution in [-0.4, -0.2) is 53.4 Å². The van der Waals surface area contributed by atoms with Crippen LogP contribution in [0.5, 0.6) is 5.88 Å². The maximum atomic E-state index is 11.7. The highest BCUT2D eigenvalue weighted by molar-refractivity contribution is 7.28. The number of carbonyl (C=O) groups is 1. The Morgan fingerprint density at radius 2 is 2.03 bits per heavy atom. The van der Waals surface area contributed by atoms with Crippen molar-refractivity contribution in [1.82, 2.24) is 15.2 Å². The third-order valence-electron chi connectivity index (χ3n) is 7.66. The SMILES string of the molecule is [B]c1cc(-c2c(C3CCOCC3)nc(OC3CC(C#C)(C(=O)O)C3)c3cc4[nH]ncc4cc23)ccc1P. The van der Waals surface area contributed by atoms with E-state index in [-0.39, 0.29) is 24.9 Å². The van der Waals surface area contributed by atoms with Crippen LogP contribution < -0.4 is 15.5 Å². The summed E-state index contributed by atoms with van der Waals surface area (Å²) in [4.78, 5) is 16.9. The monoisotopic (exact) mass is 509 g/mol. The number of nitrogens with zero attached hydrogens (tertiary/aromatic N) is 2. The van der Waals surface area contributed by atoms with Crippen LogP contribution in [0.1, 0.15) is 37.3 Å². The summed E-state index contributed by atoms with van der Waals surface area (Å²) < 4.78 is 12.0. The van der Waals surface area contributed by atoms with Crippen molar-refractivity contribution >= 4 is 55.5 Å². The van der Waals surface area contributed by atoms with Crippen molar-refractivity contribution in [3.05, 3.63) is 42.2 Å². The van der Waals surface area contributed by atoms with Crippen LogP contribution in [0.15, 0.2) is 36.5 Å². The molecule has 0 spiro atoms. The van der Waals surface area contributed by atoms with Crippen LogP contribution in [0.4, 0.5) is 0 Å². The maximum absolute atomic E-state index is 11.7. The molecule has 1 saturated heterocycles. The quantitative estimate of drug-likeness (QED) is 0.244. The first-order chi connectivity index (χ1) is 17.9. The third-order valence-corrected chi connectivity index (χ3v) is 8.18. The summed E-state index contributed by atoms with van der Waals surface area (Å²) in [6.07, 6.45) is 9.21. The molecule has 2 N–H and O–H groups in total. The van der Waals surface area contributed by atoms with E-state index in [9.17, 15) is 9.90 Å². The van der Waals surface area contributed by atoms with Gasteiger partial charge >= 0.3 is 5.97 Å². The Labute approximate surface area is 218 Å². The smallest absolute Gasteiger partial charge is 0.322 e. The van der Waals surface area contributed by atoms with Gasteiger partial charge in [-0.15, -0.1) is 15.7 Å². The molecule has 2 radical (unpaired) electrons. The zero-order valence-electron chi connectivity index (χ0n) is 20.2. The lowest BCUT2D eigenvalue weighted by Gasteiger charge is -2.40. The summed E-state index contributed by atoms with van der Waals surface area (Å²) in [5, 5.41) is 20.6. The van der Waals surface area contributed by atoms with Crippen LogP contribution in [0, 0.1) is 17.8 Å². The second-order valence-corrected chi connectivity index (χ2v) is 10.6. The molecule has 6 rings (SSSR count). The molecule has 4 aromatic rings. The Morgan fingerprint density at radius 1 is 1.24 bits per heavy atom. The van der Waals surface area contributed by atoms with Crippen LogP contribution in [-0.2, 0) is 9.53 Å². The molecule has 7 nitrogen and oxygen atoms in total. The molecule has 0 amide bonds. The van der Waals surface area contributed by atoms with Gasteiger partial charge in [0.15, 0.2) is 0 Å². The Kier molecular flexibility index (Phi) is 5.94. The zero-order chi connectivity index (χ0) is 25.7. The molecule has 1 atom stereocenters. The predicted octanol–water partition coefficient (Wildman–Crippen LogP) is 3.21. The molecule has 2 fully saturated rings. The van der Waals surface area contributed by atoms with Gasteiger partial charge in [-0.05, 0) is 41.2 Å². The number of fused-ring (bicyclic) bond motifs is 2. The normalized spacial score (nSPS) is 22.0. The summed E-state index contributed by atoms with van der Waals surface area (Å²) in [6, 6.07) is 10.2. The number of H-pyrrole nitrogens is 1. The summed E-state index contributed by atoms with van der Waals surface area (Å²) in [7, 11) is 8.99. The lowest BCUT2D eigenvalue weighted by Crippen LogP contribution is -2.48. The summed E-state index contributed by atoms with van der Waals surface area (Å²) in [5.41, 5.74) is 3.31. The van der Waals surface area contributed by atoms with Gasteiger partial charge in [0.2, 0.25) is 5.88 Å². The van der Waals surface area contributed by atoms with Crippen molar-refractivity contribution in [3.8, 4) is 29.4 Å². The lowest BCUT2D eigenvalue weighted by atomic mass is 9.67. The number of nitrogens with one attached hydrogen (secondary N) is 1. The van der Waals surface area contributed by atoms with E-state index in [4.69, 9.17) is 28.7 Å². The summed E-state index contributed by atoms with van der Waals surface area (Å²) in [6.45, 7) is 1.33. The molecule has 1 aliphatic carbocycles. The van der Waals surface area contributed by atoms with E-state index in [2.05, 4.69) is 37.5 Å². The van der Waals surface area contributed by atoms with E-state index in [1.165, 1.54) is 0 Å². The number of rotatable bonds is 5. The molecule has 2 aliphatic rings. The zero-order valence-corrected chi connectivity index (χ0v) is 21.3. The Balaban J connectivity index is 1.55. The average Bonchev–Trinajstić information content (AvgIpc) is 3.34. The molecular weight excluding hydrogens is 484 g/mol. The third kappa shape index (κ3) is 4.07. The van der Waals surface area contributed by atoms with Gasteiger partial charge in [0.05, 0.1) is 17.4 Å². The highest BCUT2D eigenvalue weighted by atomic mass is 31.0.